The highest BCUT2D eigenvalue weighted by atomic mass is 32.1. The maximum Gasteiger partial charge on any atom is 0.279 e. The van der Waals surface area contributed by atoms with Gasteiger partial charge in [0.1, 0.15) is 5.01 Å². The van der Waals surface area contributed by atoms with Crippen LogP contribution in [-0.2, 0) is 6.54 Å². The summed E-state index contributed by atoms with van der Waals surface area (Å²) in [5.74, 6) is -0.0418. The van der Waals surface area contributed by atoms with Crippen LogP contribution in [0.25, 0.3) is 0 Å². The number of nitrogens with one attached hydrogen (secondary N) is 1. The first-order valence-electron chi connectivity index (χ1n) is 7.63. The number of hydrogen-bond donors (Lipinski definition) is 1. The van der Waals surface area contributed by atoms with Crippen molar-refractivity contribution in [3.8, 4) is 0 Å². The number of nitrogens with zero attached hydrogens (tertiary/aromatic N) is 5. The predicted molar refractivity (Wildman–Crippen MR) is 92.3 cm³/mol. The normalized spacial score (nSPS) is 11.0. The van der Waals surface area contributed by atoms with Crippen molar-refractivity contribution in [3.05, 3.63) is 52.3 Å². The molecule has 0 aliphatic rings. The van der Waals surface area contributed by atoms with Gasteiger partial charge in [0.15, 0.2) is 5.69 Å². The van der Waals surface area contributed by atoms with E-state index in [-0.39, 0.29) is 11.8 Å². The van der Waals surface area contributed by atoms with Crippen LogP contribution in [0.2, 0.25) is 0 Å². The van der Waals surface area contributed by atoms with Gasteiger partial charge < -0.3 is 0 Å². The molecule has 7 nitrogen and oxygen atoms in total. The lowest BCUT2D eigenvalue weighted by molar-refractivity contribution is 0.102. The SMILES string of the molecule is Cc1c(C(=O)Nc2nnc(C(C)C)s2)nnn1Cc1ccccc1. The topological polar surface area (TPSA) is 85.6 Å². The Kier molecular flexibility index (Phi) is 4.66. The summed E-state index contributed by atoms with van der Waals surface area (Å²) in [6.45, 7) is 6.47. The number of carbonyl (C=O) groups is 1. The van der Waals surface area contributed by atoms with E-state index in [1.807, 2.05) is 51.1 Å². The Bertz CT molecular complexity index is 839. The molecule has 0 fully saturated rings. The standard InChI is InChI=1S/C16H18N6OS/c1-10(2)15-19-20-16(24-15)17-14(23)13-11(3)22(21-18-13)9-12-7-5-4-6-8-12/h4-8,10H,9H2,1-3H3,(H,17,20,23). The Morgan fingerprint density at radius 3 is 2.62 bits per heavy atom. The third-order valence-electron chi connectivity index (χ3n) is 3.53. The monoisotopic (exact) mass is 342 g/mol. The molecule has 1 amide bonds. The maximum absolute atomic E-state index is 12.4. The Morgan fingerprint density at radius 2 is 1.96 bits per heavy atom. The van der Waals surface area contributed by atoms with Crippen molar-refractivity contribution in [3.63, 3.8) is 0 Å². The lowest BCUT2D eigenvalue weighted by Gasteiger charge is -2.04. The first-order valence-corrected chi connectivity index (χ1v) is 8.45. The summed E-state index contributed by atoms with van der Waals surface area (Å²) in [5.41, 5.74) is 2.11. The molecule has 24 heavy (non-hydrogen) atoms. The number of hydrogen-bond acceptors (Lipinski definition) is 6. The van der Waals surface area contributed by atoms with Gasteiger partial charge in [-0.2, -0.15) is 0 Å². The molecule has 0 aliphatic heterocycles. The average Bonchev–Trinajstić information content (AvgIpc) is 3.16. The first kappa shape index (κ1) is 16.3. The molecule has 124 valence electrons. The van der Waals surface area contributed by atoms with Crippen LogP contribution < -0.4 is 5.32 Å². The summed E-state index contributed by atoms with van der Waals surface area (Å²) >= 11 is 1.37. The van der Waals surface area contributed by atoms with Crippen LogP contribution in [0.5, 0.6) is 0 Å². The summed E-state index contributed by atoms with van der Waals surface area (Å²) in [6, 6.07) is 9.92. The summed E-state index contributed by atoms with van der Waals surface area (Å²) in [4.78, 5) is 12.4. The molecule has 1 N–H and O–H groups in total. The van der Waals surface area contributed by atoms with Crippen LogP contribution in [0, 0.1) is 6.92 Å². The second-order valence-electron chi connectivity index (χ2n) is 5.72. The smallest absolute Gasteiger partial charge is 0.279 e. The summed E-state index contributed by atoms with van der Waals surface area (Å²) < 4.78 is 1.71. The predicted octanol–water partition coefficient (Wildman–Crippen LogP) is 2.86. The van der Waals surface area contributed by atoms with Gasteiger partial charge in [0, 0.05) is 5.92 Å². The molecule has 0 bridgehead atoms. The van der Waals surface area contributed by atoms with Gasteiger partial charge in [0.25, 0.3) is 5.91 Å². The van der Waals surface area contributed by atoms with E-state index in [0.29, 0.717) is 23.1 Å². The fourth-order valence-electron chi connectivity index (χ4n) is 2.15. The highest BCUT2D eigenvalue weighted by molar-refractivity contribution is 7.15. The van der Waals surface area contributed by atoms with E-state index < -0.39 is 0 Å². The van der Waals surface area contributed by atoms with Crippen LogP contribution in [0.4, 0.5) is 5.13 Å². The Hall–Kier alpha value is -2.61. The molecule has 3 aromatic rings. The lowest BCUT2D eigenvalue weighted by Crippen LogP contribution is -2.14. The molecular weight excluding hydrogens is 324 g/mol. The quantitative estimate of drug-likeness (QED) is 0.770. The molecule has 0 radical (unpaired) electrons. The van der Waals surface area contributed by atoms with Gasteiger partial charge in [0.05, 0.1) is 12.2 Å². The van der Waals surface area contributed by atoms with Gasteiger partial charge in [0.2, 0.25) is 5.13 Å². The third kappa shape index (κ3) is 3.48. The molecule has 0 aliphatic carbocycles. The van der Waals surface area contributed by atoms with E-state index in [1.165, 1.54) is 11.3 Å². The number of benzene rings is 1. The fraction of sp³-hybridized carbons (Fsp3) is 0.312. The van der Waals surface area contributed by atoms with E-state index >= 15 is 0 Å². The molecule has 1 aromatic carbocycles. The highest BCUT2D eigenvalue weighted by Gasteiger charge is 2.18. The Labute approximate surface area is 143 Å². The zero-order valence-corrected chi connectivity index (χ0v) is 14.5. The van der Waals surface area contributed by atoms with E-state index in [9.17, 15) is 4.79 Å². The van der Waals surface area contributed by atoms with Gasteiger partial charge in [-0.05, 0) is 12.5 Å². The molecule has 0 saturated carbocycles. The fourth-order valence-corrected chi connectivity index (χ4v) is 2.89. The van der Waals surface area contributed by atoms with Crippen molar-refractivity contribution < 1.29 is 4.79 Å². The summed E-state index contributed by atoms with van der Waals surface area (Å²) in [5, 5.41) is 20.2. The molecule has 0 saturated heterocycles. The van der Waals surface area contributed by atoms with Crippen LogP contribution in [0.1, 0.15) is 46.5 Å². The molecular formula is C16H18N6OS. The maximum atomic E-state index is 12.4. The van der Waals surface area contributed by atoms with Crippen molar-refractivity contribution >= 4 is 22.4 Å². The molecule has 0 spiro atoms. The van der Waals surface area contributed by atoms with Crippen molar-refractivity contribution in [2.45, 2.75) is 33.2 Å². The number of rotatable bonds is 5. The molecule has 8 heteroatoms. The second-order valence-corrected chi connectivity index (χ2v) is 6.73. The van der Waals surface area contributed by atoms with Crippen molar-refractivity contribution in [2.24, 2.45) is 0 Å². The minimum atomic E-state index is -0.321. The third-order valence-corrected chi connectivity index (χ3v) is 4.67. The number of anilines is 1. The summed E-state index contributed by atoms with van der Waals surface area (Å²) in [6.07, 6.45) is 0. The molecule has 2 aromatic heterocycles. The zero-order valence-electron chi connectivity index (χ0n) is 13.7. The zero-order chi connectivity index (χ0) is 17.1. The van der Waals surface area contributed by atoms with Gasteiger partial charge in [-0.1, -0.05) is 60.7 Å². The van der Waals surface area contributed by atoms with Crippen molar-refractivity contribution in [2.75, 3.05) is 5.32 Å². The van der Waals surface area contributed by atoms with Gasteiger partial charge in [-0.15, -0.1) is 15.3 Å². The van der Waals surface area contributed by atoms with E-state index in [1.54, 1.807) is 4.68 Å². The van der Waals surface area contributed by atoms with Gasteiger partial charge in [-0.25, -0.2) is 4.68 Å². The molecule has 0 unspecified atom stereocenters. The average molecular weight is 342 g/mol. The lowest BCUT2D eigenvalue weighted by atomic mass is 10.2. The van der Waals surface area contributed by atoms with E-state index in [4.69, 9.17) is 0 Å². The van der Waals surface area contributed by atoms with E-state index in [2.05, 4.69) is 25.8 Å². The number of aromatic nitrogens is 5. The Balaban J connectivity index is 1.73. The second kappa shape index (κ2) is 6.88. The minimum Gasteiger partial charge on any atom is -0.295 e. The molecule has 3 rings (SSSR count). The van der Waals surface area contributed by atoms with Gasteiger partial charge in [-0.3, -0.25) is 10.1 Å². The largest absolute Gasteiger partial charge is 0.295 e. The number of carbonyl (C=O) groups excluding carboxylic acids is 1. The van der Waals surface area contributed by atoms with Crippen molar-refractivity contribution in [1.82, 2.24) is 25.2 Å². The van der Waals surface area contributed by atoms with Crippen LogP contribution in [0.3, 0.4) is 0 Å². The Morgan fingerprint density at radius 1 is 1.21 bits per heavy atom. The molecule has 2 heterocycles. The van der Waals surface area contributed by atoms with Crippen LogP contribution >= 0.6 is 11.3 Å². The van der Waals surface area contributed by atoms with Crippen LogP contribution in [-0.4, -0.2) is 31.1 Å². The van der Waals surface area contributed by atoms with E-state index in [0.717, 1.165) is 10.6 Å². The highest BCUT2D eigenvalue weighted by Crippen LogP contribution is 2.22. The molecule has 0 atom stereocenters. The van der Waals surface area contributed by atoms with Gasteiger partial charge >= 0.3 is 0 Å². The van der Waals surface area contributed by atoms with Crippen molar-refractivity contribution in [1.29, 1.82) is 0 Å². The number of amides is 1. The summed E-state index contributed by atoms with van der Waals surface area (Å²) in [7, 11) is 0. The van der Waals surface area contributed by atoms with Crippen LogP contribution in [0.15, 0.2) is 30.3 Å². The first-order chi connectivity index (χ1) is 11.5. The minimum absolute atomic E-state index is 0.279.